The second-order valence-corrected chi connectivity index (χ2v) is 6.61. The summed E-state index contributed by atoms with van der Waals surface area (Å²) in [6.45, 7) is 1.14. The van der Waals surface area contributed by atoms with Gasteiger partial charge in [0.15, 0.2) is 0 Å². The summed E-state index contributed by atoms with van der Waals surface area (Å²) >= 11 is 0. The highest BCUT2D eigenvalue weighted by molar-refractivity contribution is 5.79. The number of nitrogens with zero attached hydrogens (tertiary/aromatic N) is 3. The van der Waals surface area contributed by atoms with Crippen LogP contribution in [0.1, 0.15) is 32.1 Å². The Morgan fingerprint density at radius 2 is 1.84 bits per heavy atom. The van der Waals surface area contributed by atoms with E-state index in [4.69, 9.17) is 0 Å². The molecule has 1 heterocycles. The Morgan fingerprint density at radius 1 is 1.12 bits per heavy atom. The van der Waals surface area contributed by atoms with E-state index in [1.165, 1.54) is 12.1 Å². The summed E-state index contributed by atoms with van der Waals surface area (Å²) in [4.78, 5) is 35.0. The third-order valence-electron chi connectivity index (χ3n) is 4.95. The van der Waals surface area contributed by atoms with Crippen molar-refractivity contribution in [3.63, 3.8) is 0 Å². The first-order valence-corrected chi connectivity index (χ1v) is 8.44. The number of nitrogens with one attached hydrogen (secondary N) is 1. The van der Waals surface area contributed by atoms with Gasteiger partial charge in [0.25, 0.3) is 11.4 Å². The summed E-state index contributed by atoms with van der Waals surface area (Å²) in [6.07, 6.45) is 4.79. The number of nitro benzene ring substituents is 2. The third-order valence-corrected chi connectivity index (χ3v) is 4.95. The number of amides is 1. The molecule has 1 saturated heterocycles. The molecule has 1 aromatic rings. The highest BCUT2D eigenvalue weighted by Gasteiger charge is 2.33. The minimum Gasteiger partial charge on any atom is -0.375 e. The molecule has 1 aromatic carbocycles. The molecule has 3 rings (SSSR count). The van der Waals surface area contributed by atoms with Crippen LogP contribution in [0.25, 0.3) is 0 Å². The van der Waals surface area contributed by atoms with Crippen molar-refractivity contribution in [2.75, 3.05) is 18.4 Å². The molecule has 0 spiro atoms. The number of benzene rings is 1. The van der Waals surface area contributed by atoms with Gasteiger partial charge in [-0.15, -0.1) is 0 Å². The zero-order valence-electron chi connectivity index (χ0n) is 13.7. The monoisotopic (exact) mass is 348 g/mol. The fraction of sp³-hybridized carbons (Fsp3) is 0.562. The summed E-state index contributed by atoms with van der Waals surface area (Å²) in [5, 5.41) is 25.1. The number of nitro groups is 2. The molecule has 1 N–H and O–H groups in total. The number of anilines is 1. The second-order valence-electron chi connectivity index (χ2n) is 6.61. The number of hydrogen-bond acceptors (Lipinski definition) is 6. The van der Waals surface area contributed by atoms with Gasteiger partial charge in [-0.3, -0.25) is 25.0 Å². The summed E-state index contributed by atoms with van der Waals surface area (Å²) in [6, 6.07) is 3.47. The van der Waals surface area contributed by atoms with Crippen LogP contribution < -0.4 is 5.32 Å². The molecule has 9 nitrogen and oxygen atoms in total. The lowest BCUT2D eigenvalue weighted by molar-refractivity contribution is -0.393. The molecule has 1 amide bonds. The van der Waals surface area contributed by atoms with Crippen LogP contribution in [0.15, 0.2) is 18.2 Å². The van der Waals surface area contributed by atoms with Gasteiger partial charge < -0.3 is 10.2 Å². The molecule has 1 unspecified atom stereocenters. The van der Waals surface area contributed by atoms with Crippen LogP contribution in [0.2, 0.25) is 0 Å². The van der Waals surface area contributed by atoms with Crippen molar-refractivity contribution in [2.45, 2.75) is 38.1 Å². The Labute approximate surface area is 144 Å². The number of likely N-dealkylation sites (tertiary alicyclic amines) is 1. The highest BCUT2D eigenvalue weighted by atomic mass is 16.6. The van der Waals surface area contributed by atoms with Crippen molar-refractivity contribution in [2.24, 2.45) is 5.92 Å². The van der Waals surface area contributed by atoms with Gasteiger partial charge in [-0.25, -0.2) is 0 Å². The minimum absolute atomic E-state index is 0.0921. The Balaban J connectivity index is 1.67. The lowest BCUT2D eigenvalue weighted by atomic mass is 10.1. The molecule has 1 saturated carbocycles. The number of carbonyl (C=O) groups excluding carboxylic acids is 1. The molecule has 1 aliphatic carbocycles. The molecule has 2 fully saturated rings. The summed E-state index contributed by atoms with van der Waals surface area (Å²) in [7, 11) is 0. The first-order valence-electron chi connectivity index (χ1n) is 8.44. The van der Waals surface area contributed by atoms with E-state index in [0.29, 0.717) is 19.5 Å². The predicted octanol–water partition coefficient (Wildman–Crippen LogP) is 2.71. The van der Waals surface area contributed by atoms with E-state index in [1.807, 2.05) is 4.90 Å². The summed E-state index contributed by atoms with van der Waals surface area (Å²) < 4.78 is 0. The molecular weight excluding hydrogens is 328 g/mol. The Bertz CT molecular complexity index is 702. The Kier molecular flexibility index (Phi) is 4.82. The molecule has 25 heavy (non-hydrogen) atoms. The number of rotatable bonds is 5. The van der Waals surface area contributed by atoms with E-state index in [9.17, 15) is 25.0 Å². The fourth-order valence-electron chi connectivity index (χ4n) is 3.64. The maximum absolute atomic E-state index is 12.5. The van der Waals surface area contributed by atoms with Crippen LogP contribution in [0.5, 0.6) is 0 Å². The maximum atomic E-state index is 12.5. The van der Waals surface area contributed by atoms with Gasteiger partial charge in [0, 0.05) is 31.1 Å². The SMILES string of the molecule is O=C(C1CCCC1)N1CCC(Nc2ccc([N+](=O)[O-])cc2[N+](=O)[O-])C1. The minimum atomic E-state index is -0.658. The average molecular weight is 348 g/mol. The van der Waals surface area contributed by atoms with Gasteiger partial charge in [-0.2, -0.15) is 0 Å². The van der Waals surface area contributed by atoms with E-state index in [-0.39, 0.29) is 34.9 Å². The standard InChI is InChI=1S/C16H20N4O5/c21-16(11-3-1-2-4-11)18-8-7-12(10-18)17-14-6-5-13(19(22)23)9-15(14)20(24)25/h5-6,9,11-12,17H,1-4,7-8,10H2. The number of carbonyl (C=O) groups is 1. The van der Waals surface area contributed by atoms with Crippen LogP contribution in [-0.2, 0) is 4.79 Å². The third kappa shape index (κ3) is 3.70. The van der Waals surface area contributed by atoms with Gasteiger partial charge in [-0.1, -0.05) is 12.8 Å². The molecule has 2 aliphatic rings. The smallest absolute Gasteiger partial charge is 0.299 e. The molecule has 1 atom stereocenters. The van der Waals surface area contributed by atoms with E-state index >= 15 is 0 Å². The van der Waals surface area contributed by atoms with Gasteiger partial charge in [-0.05, 0) is 25.3 Å². The molecule has 0 aromatic heterocycles. The molecular formula is C16H20N4O5. The van der Waals surface area contributed by atoms with E-state index in [1.54, 1.807) is 0 Å². The van der Waals surface area contributed by atoms with Crippen LogP contribution in [-0.4, -0.2) is 39.8 Å². The van der Waals surface area contributed by atoms with Crippen LogP contribution in [0.4, 0.5) is 17.1 Å². The number of hydrogen-bond donors (Lipinski definition) is 1. The van der Waals surface area contributed by atoms with Gasteiger partial charge >= 0.3 is 0 Å². The van der Waals surface area contributed by atoms with Gasteiger partial charge in [0.2, 0.25) is 5.91 Å². The summed E-state index contributed by atoms with van der Waals surface area (Å²) in [5.41, 5.74) is -0.396. The van der Waals surface area contributed by atoms with Crippen molar-refractivity contribution in [3.8, 4) is 0 Å². The maximum Gasteiger partial charge on any atom is 0.299 e. The van der Waals surface area contributed by atoms with E-state index in [2.05, 4.69) is 5.32 Å². The largest absolute Gasteiger partial charge is 0.375 e. The molecule has 1 aliphatic heterocycles. The van der Waals surface area contributed by atoms with E-state index < -0.39 is 9.85 Å². The zero-order valence-corrected chi connectivity index (χ0v) is 13.7. The predicted molar refractivity (Wildman–Crippen MR) is 90.3 cm³/mol. The first kappa shape index (κ1) is 17.1. The van der Waals surface area contributed by atoms with Crippen LogP contribution in [0, 0.1) is 26.1 Å². The molecule has 9 heteroatoms. The molecule has 0 bridgehead atoms. The average Bonchev–Trinajstić information content (AvgIpc) is 3.26. The molecule has 0 radical (unpaired) electrons. The zero-order chi connectivity index (χ0) is 18.0. The van der Waals surface area contributed by atoms with Crippen LogP contribution in [0.3, 0.4) is 0 Å². The van der Waals surface area contributed by atoms with E-state index in [0.717, 1.165) is 31.7 Å². The molecule has 134 valence electrons. The van der Waals surface area contributed by atoms with Gasteiger partial charge in [0.05, 0.1) is 15.9 Å². The van der Waals surface area contributed by atoms with Crippen molar-refractivity contribution in [1.82, 2.24) is 4.90 Å². The van der Waals surface area contributed by atoms with Crippen molar-refractivity contribution in [1.29, 1.82) is 0 Å². The Hall–Kier alpha value is -2.71. The fourth-order valence-corrected chi connectivity index (χ4v) is 3.64. The van der Waals surface area contributed by atoms with Crippen molar-refractivity contribution in [3.05, 3.63) is 38.4 Å². The summed E-state index contributed by atoms with van der Waals surface area (Å²) in [5.74, 6) is 0.299. The second kappa shape index (κ2) is 7.04. The van der Waals surface area contributed by atoms with Crippen LogP contribution >= 0.6 is 0 Å². The van der Waals surface area contributed by atoms with Crippen molar-refractivity contribution >= 4 is 23.0 Å². The number of non-ortho nitro benzene ring substituents is 1. The lowest BCUT2D eigenvalue weighted by Gasteiger charge is -2.21. The quantitative estimate of drug-likeness (QED) is 0.645. The van der Waals surface area contributed by atoms with Crippen molar-refractivity contribution < 1.29 is 14.6 Å². The highest BCUT2D eigenvalue weighted by Crippen LogP contribution is 2.32. The normalized spacial score (nSPS) is 20.6. The first-order chi connectivity index (χ1) is 12.0. The lowest BCUT2D eigenvalue weighted by Crippen LogP contribution is -2.35. The topological polar surface area (TPSA) is 119 Å². The Morgan fingerprint density at radius 3 is 2.48 bits per heavy atom. The van der Waals surface area contributed by atoms with Gasteiger partial charge in [0.1, 0.15) is 5.69 Å².